The Balaban J connectivity index is 1.77. The minimum atomic E-state index is -0.762. The van der Waals surface area contributed by atoms with E-state index in [1.807, 2.05) is 38.1 Å². The smallest absolute Gasteiger partial charge is 0.295 e. The lowest BCUT2D eigenvalue weighted by Crippen LogP contribution is -2.31. The van der Waals surface area contributed by atoms with E-state index in [1.165, 1.54) is 4.90 Å². The molecule has 7 heteroatoms. The van der Waals surface area contributed by atoms with Crippen LogP contribution < -0.4 is 9.47 Å². The third kappa shape index (κ3) is 4.66. The first-order valence-electron chi connectivity index (χ1n) is 11.7. The van der Waals surface area contributed by atoms with Gasteiger partial charge in [-0.1, -0.05) is 18.2 Å². The van der Waals surface area contributed by atoms with Gasteiger partial charge in [0.15, 0.2) is 0 Å². The van der Waals surface area contributed by atoms with Crippen LogP contribution in [0.4, 0.5) is 0 Å². The summed E-state index contributed by atoms with van der Waals surface area (Å²) in [6.45, 7) is 5.34. The summed E-state index contributed by atoms with van der Waals surface area (Å²) in [5.41, 5.74) is 2.18. The Kier molecular flexibility index (Phi) is 7.22. The fraction of sp³-hybridized carbons (Fsp3) is 0.407. The summed E-state index contributed by atoms with van der Waals surface area (Å²) >= 11 is 0. The number of aryl methyl sites for hydroxylation is 1. The number of para-hydroxylation sites is 1. The average molecular weight is 466 g/mol. The number of ether oxygens (including phenoxy) is 3. The van der Waals surface area contributed by atoms with E-state index in [9.17, 15) is 14.7 Å². The van der Waals surface area contributed by atoms with Gasteiger partial charge in [0.05, 0.1) is 31.4 Å². The largest absolute Gasteiger partial charge is 0.507 e. The van der Waals surface area contributed by atoms with Crippen molar-refractivity contribution in [2.45, 2.75) is 45.3 Å². The number of benzene rings is 2. The van der Waals surface area contributed by atoms with E-state index in [1.54, 1.807) is 25.3 Å². The van der Waals surface area contributed by atoms with E-state index in [0.717, 1.165) is 24.2 Å². The molecule has 4 rings (SSSR count). The van der Waals surface area contributed by atoms with Gasteiger partial charge in [0.2, 0.25) is 0 Å². The van der Waals surface area contributed by atoms with Gasteiger partial charge >= 0.3 is 0 Å². The first kappa shape index (κ1) is 23.8. The molecule has 1 amide bonds. The molecule has 2 heterocycles. The monoisotopic (exact) mass is 465 g/mol. The van der Waals surface area contributed by atoms with Gasteiger partial charge in [0.25, 0.3) is 11.7 Å². The summed E-state index contributed by atoms with van der Waals surface area (Å²) in [5, 5.41) is 11.3. The van der Waals surface area contributed by atoms with Crippen molar-refractivity contribution in [1.82, 2.24) is 4.90 Å². The van der Waals surface area contributed by atoms with Crippen LogP contribution in [-0.2, 0) is 20.7 Å². The van der Waals surface area contributed by atoms with Crippen molar-refractivity contribution in [2.75, 3.05) is 26.9 Å². The van der Waals surface area contributed by atoms with E-state index in [-0.39, 0.29) is 17.4 Å². The summed E-state index contributed by atoms with van der Waals surface area (Å²) < 4.78 is 16.8. The minimum Gasteiger partial charge on any atom is -0.507 e. The number of methoxy groups -OCH3 is 1. The van der Waals surface area contributed by atoms with Crippen LogP contribution in [0.15, 0.2) is 48.0 Å². The maximum atomic E-state index is 13.2. The molecule has 1 fully saturated rings. The number of fused-ring (bicyclic) bond motifs is 1. The van der Waals surface area contributed by atoms with Crippen molar-refractivity contribution in [3.05, 3.63) is 64.7 Å². The van der Waals surface area contributed by atoms with Crippen LogP contribution in [0.5, 0.6) is 11.5 Å². The van der Waals surface area contributed by atoms with Crippen molar-refractivity contribution in [1.29, 1.82) is 0 Å². The van der Waals surface area contributed by atoms with Crippen LogP contribution in [0.3, 0.4) is 0 Å². The van der Waals surface area contributed by atoms with E-state index < -0.39 is 17.7 Å². The normalized spacial score (nSPS) is 19.3. The Labute approximate surface area is 199 Å². The molecular formula is C27H31NO6. The highest BCUT2D eigenvalue weighted by atomic mass is 16.5. The lowest BCUT2D eigenvalue weighted by Gasteiger charge is -2.26. The number of carbonyl (C=O) groups is 2. The lowest BCUT2D eigenvalue weighted by molar-refractivity contribution is -0.140. The lowest BCUT2D eigenvalue weighted by atomic mass is 9.93. The highest BCUT2D eigenvalue weighted by Crippen LogP contribution is 2.43. The van der Waals surface area contributed by atoms with Gasteiger partial charge in [-0.15, -0.1) is 0 Å². The Hall–Kier alpha value is -3.32. The number of nitrogens with zero attached hydrogens (tertiary/aromatic N) is 1. The van der Waals surface area contributed by atoms with Crippen molar-refractivity contribution in [2.24, 2.45) is 0 Å². The van der Waals surface area contributed by atoms with Gasteiger partial charge in [0, 0.05) is 24.3 Å². The number of hydrogen-bond donors (Lipinski definition) is 1. The molecule has 1 N–H and O–H groups in total. The van der Waals surface area contributed by atoms with Gasteiger partial charge in [-0.2, -0.15) is 0 Å². The molecule has 180 valence electrons. The van der Waals surface area contributed by atoms with Gasteiger partial charge < -0.3 is 24.2 Å². The molecule has 2 aromatic carbocycles. The second-order valence-electron chi connectivity index (χ2n) is 8.78. The molecule has 1 saturated heterocycles. The molecule has 1 atom stereocenters. The third-order valence-electron chi connectivity index (χ3n) is 6.15. The number of Topliss-reactive ketones (excluding diaryl/α,β-unsaturated/α-hetero) is 1. The van der Waals surface area contributed by atoms with Crippen LogP contribution in [0.1, 0.15) is 49.4 Å². The highest BCUT2D eigenvalue weighted by Gasteiger charge is 2.46. The summed E-state index contributed by atoms with van der Waals surface area (Å²) in [6, 6.07) is 11.9. The molecule has 0 radical (unpaired) electrons. The predicted octanol–water partition coefficient (Wildman–Crippen LogP) is 4.26. The van der Waals surface area contributed by atoms with Gasteiger partial charge in [0.1, 0.15) is 17.3 Å². The number of aliphatic hydroxyl groups is 1. The third-order valence-corrected chi connectivity index (χ3v) is 6.15. The number of hydrogen-bond acceptors (Lipinski definition) is 6. The number of rotatable bonds is 8. The summed E-state index contributed by atoms with van der Waals surface area (Å²) in [5.74, 6) is -0.198. The topological polar surface area (TPSA) is 85.3 Å². The highest BCUT2D eigenvalue weighted by molar-refractivity contribution is 6.46. The van der Waals surface area contributed by atoms with E-state index >= 15 is 0 Å². The predicted molar refractivity (Wildman–Crippen MR) is 128 cm³/mol. The Morgan fingerprint density at radius 2 is 2.00 bits per heavy atom. The van der Waals surface area contributed by atoms with Crippen LogP contribution in [-0.4, -0.2) is 54.7 Å². The molecule has 34 heavy (non-hydrogen) atoms. The fourth-order valence-electron chi connectivity index (χ4n) is 4.54. The minimum absolute atomic E-state index is 0.0657. The molecule has 1 unspecified atom stereocenters. The van der Waals surface area contributed by atoms with Crippen molar-refractivity contribution in [3.63, 3.8) is 0 Å². The standard InChI is InChI=1S/C27H31NO6/c1-17(2)33-15-7-13-28-24(20-9-4-5-10-22(20)32-3)23(26(30)27(28)31)25(29)19-11-12-21-18(16-19)8-6-14-34-21/h4-5,9-12,16-17,24,29H,6-8,13-15H2,1-3H3/b25-23+. The molecule has 0 aromatic heterocycles. The maximum Gasteiger partial charge on any atom is 0.295 e. The number of amides is 1. The van der Waals surface area contributed by atoms with Gasteiger partial charge in [-0.3, -0.25) is 9.59 Å². The molecule has 2 aromatic rings. The first-order valence-corrected chi connectivity index (χ1v) is 11.7. The Bertz CT molecular complexity index is 1110. The van der Waals surface area contributed by atoms with Crippen molar-refractivity contribution in [3.8, 4) is 11.5 Å². The zero-order valence-electron chi connectivity index (χ0n) is 19.9. The van der Waals surface area contributed by atoms with E-state index in [2.05, 4.69) is 0 Å². The molecule has 0 bridgehead atoms. The Morgan fingerprint density at radius 1 is 1.21 bits per heavy atom. The molecule has 2 aliphatic heterocycles. The zero-order chi connectivity index (χ0) is 24.2. The molecular weight excluding hydrogens is 434 g/mol. The fourth-order valence-corrected chi connectivity index (χ4v) is 4.54. The maximum absolute atomic E-state index is 13.2. The second-order valence-corrected chi connectivity index (χ2v) is 8.78. The first-order chi connectivity index (χ1) is 16.4. The van der Waals surface area contributed by atoms with Crippen molar-refractivity contribution < 1.29 is 28.9 Å². The second kappa shape index (κ2) is 10.3. The van der Waals surface area contributed by atoms with Crippen LogP contribution in [0.2, 0.25) is 0 Å². The number of carbonyl (C=O) groups excluding carboxylic acids is 2. The molecule has 0 saturated carbocycles. The van der Waals surface area contributed by atoms with Crippen LogP contribution >= 0.6 is 0 Å². The summed E-state index contributed by atoms with van der Waals surface area (Å²) in [6.07, 6.45) is 2.36. The van der Waals surface area contributed by atoms with Gasteiger partial charge in [-0.25, -0.2) is 0 Å². The van der Waals surface area contributed by atoms with E-state index in [4.69, 9.17) is 14.2 Å². The van der Waals surface area contributed by atoms with Crippen molar-refractivity contribution >= 4 is 17.4 Å². The van der Waals surface area contributed by atoms with Gasteiger partial charge in [-0.05, 0) is 62.9 Å². The quantitative estimate of drug-likeness (QED) is 0.271. The number of ketones is 1. The Morgan fingerprint density at radius 3 is 2.76 bits per heavy atom. The molecule has 0 spiro atoms. The zero-order valence-corrected chi connectivity index (χ0v) is 19.9. The summed E-state index contributed by atoms with van der Waals surface area (Å²) in [4.78, 5) is 27.9. The number of likely N-dealkylation sites (tertiary alicyclic amines) is 1. The molecule has 7 nitrogen and oxygen atoms in total. The van der Waals surface area contributed by atoms with Crippen LogP contribution in [0.25, 0.3) is 5.76 Å². The van der Waals surface area contributed by atoms with E-state index in [0.29, 0.717) is 43.1 Å². The van der Waals surface area contributed by atoms with Crippen LogP contribution in [0, 0.1) is 0 Å². The average Bonchev–Trinajstić information content (AvgIpc) is 3.10. The molecule has 0 aliphatic carbocycles. The number of aliphatic hydroxyl groups excluding tert-OH is 1. The molecule has 2 aliphatic rings. The SMILES string of the molecule is COc1ccccc1C1/C(=C(\O)c2ccc3c(c2)CCCO3)C(=O)C(=O)N1CCCOC(C)C. The summed E-state index contributed by atoms with van der Waals surface area (Å²) in [7, 11) is 1.55.